The minimum atomic E-state index is -1.03. The van der Waals surface area contributed by atoms with Gasteiger partial charge in [0.2, 0.25) is 5.78 Å². The van der Waals surface area contributed by atoms with E-state index in [9.17, 15) is 19.5 Å². The lowest BCUT2D eigenvalue weighted by Crippen LogP contribution is -2.31. The van der Waals surface area contributed by atoms with Gasteiger partial charge in [-0.1, -0.05) is 41.7 Å². The predicted molar refractivity (Wildman–Crippen MR) is 132 cm³/mol. The number of nitrogens with zero attached hydrogens (tertiary/aromatic N) is 2. The number of carbonyl (C=O) groups is 3. The molecule has 4 aromatic rings. The quantitative estimate of drug-likeness (QED) is 0.294. The summed E-state index contributed by atoms with van der Waals surface area (Å²) >= 11 is 0.937. The fourth-order valence-corrected chi connectivity index (χ4v) is 5.14. The van der Waals surface area contributed by atoms with E-state index < -0.39 is 29.5 Å². The van der Waals surface area contributed by atoms with E-state index in [1.54, 1.807) is 55.5 Å². The lowest BCUT2D eigenvalue weighted by atomic mass is 9.95. The van der Waals surface area contributed by atoms with Crippen molar-refractivity contribution in [3.63, 3.8) is 0 Å². The average molecular weight is 505 g/mol. The van der Waals surface area contributed by atoms with Crippen LogP contribution in [0.4, 0.5) is 5.13 Å². The van der Waals surface area contributed by atoms with Crippen LogP contribution in [-0.2, 0) is 9.53 Å². The Morgan fingerprint density at radius 2 is 1.83 bits per heavy atom. The summed E-state index contributed by atoms with van der Waals surface area (Å²) in [6, 6.07) is 14.4. The molecule has 1 aliphatic rings. The second-order valence-corrected chi connectivity index (χ2v) is 8.97. The number of benzene rings is 2. The minimum Gasteiger partial charge on any atom is -0.503 e. The first kappa shape index (κ1) is 23.3. The standard InChI is InChI=1S/C26H20N2O7S/c1-13-23(25(32)34-3)36-26(27-13)28-20(14-8-10-16(33-2)11-9-14)19(22(30)24(28)31)21(29)18-12-15-6-4-5-7-17(15)35-18/h4-12,20,30H,1-3H3/t20-/m0/s1. The Hall–Kier alpha value is -4.44. The highest BCUT2D eigenvalue weighted by Gasteiger charge is 2.47. The van der Waals surface area contributed by atoms with E-state index in [1.165, 1.54) is 19.1 Å². The first-order valence-corrected chi connectivity index (χ1v) is 11.6. The maximum atomic E-state index is 13.7. The first-order chi connectivity index (χ1) is 17.3. The number of methoxy groups -OCH3 is 2. The van der Waals surface area contributed by atoms with Crippen LogP contribution in [0.1, 0.15) is 37.5 Å². The summed E-state index contributed by atoms with van der Waals surface area (Å²) in [5.41, 5.74) is 1.23. The molecule has 3 heterocycles. The third-order valence-corrected chi connectivity index (χ3v) is 7.03. The van der Waals surface area contributed by atoms with Crippen LogP contribution in [0.25, 0.3) is 11.0 Å². The lowest BCUT2D eigenvalue weighted by molar-refractivity contribution is -0.117. The van der Waals surface area contributed by atoms with Gasteiger partial charge in [-0.25, -0.2) is 9.78 Å². The minimum absolute atomic E-state index is 0.0171. The van der Waals surface area contributed by atoms with E-state index >= 15 is 0 Å². The molecule has 0 radical (unpaired) electrons. The van der Waals surface area contributed by atoms with Crippen molar-refractivity contribution in [3.05, 3.63) is 87.8 Å². The van der Waals surface area contributed by atoms with E-state index in [2.05, 4.69) is 4.98 Å². The van der Waals surface area contributed by atoms with Crippen LogP contribution in [0.15, 0.2) is 70.3 Å². The summed E-state index contributed by atoms with van der Waals surface area (Å²) in [4.78, 5) is 45.0. The molecule has 1 amide bonds. The normalized spacial score (nSPS) is 15.6. The van der Waals surface area contributed by atoms with Crippen LogP contribution >= 0.6 is 11.3 Å². The van der Waals surface area contributed by atoms with E-state index in [-0.39, 0.29) is 21.3 Å². The zero-order valence-electron chi connectivity index (χ0n) is 19.5. The maximum absolute atomic E-state index is 13.7. The second kappa shape index (κ2) is 8.97. The van der Waals surface area contributed by atoms with Crippen molar-refractivity contribution >= 4 is 45.1 Å². The van der Waals surface area contributed by atoms with Gasteiger partial charge in [0, 0.05) is 5.39 Å². The van der Waals surface area contributed by atoms with Crippen LogP contribution in [0.2, 0.25) is 0 Å². The number of aryl methyl sites for hydroxylation is 1. The SMILES string of the molecule is COC(=O)c1sc(N2C(=O)C(O)=C(C(=O)c3cc4ccccc4o3)[C@@H]2c2ccc(OC)cc2)nc1C. The molecule has 0 bridgehead atoms. The smallest absolute Gasteiger partial charge is 0.350 e. The van der Waals surface area contributed by atoms with Crippen molar-refractivity contribution in [2.24, 2.45) is 0 Å². The molecule has 0 fully saturated rings. The Bertz CT molecular complexity index is 1520. The van der Waals surface area contributed by atoms with Crippen molar-refractivity contribution in [2.45, 2.75) is 13.0 Å². The molecule has 182 valence electrons. The number of para-hydroxylation sites is 1. The van der Waals surface area contributed by atoms with E-state index in [0.29, 0.717) is 28.0 Å². The highest BCUT2D eigenvalue weighted by Crippen LogP contribution is 2.44. The number of fused-ring (bicyclic) bond motifs is 1. The molecule has 2 aromatic heterocycles. The summed E-state index contributed by atoms with van der Waals surface area (Å²) < 4.78 is 15.8. The molecule has 1 N–H and O–H groups in total. The summed E-state index contributed by atoms with van der Waals surface area (Å²) in [7, 11) is 2.77. The molecule has 0 saturated carbocycles. The number of rotatable bonds is 6. The van der Waals surface area contributed by atoms with Gasteiger partial charge in [0.15, 0.2) is 16.7 Å². The number of anilines is 1. The lowest BCUT2D eigenvalue weighted by Gasteiger charge is -2.24. The van der Waals surface area contributed by atoms with Gasteiger partial charge < -0.3 is 19.0 Å². The predicted octanol–water partition coefficient (Wildman–Crippen LogP) is 4.78. The number of ether oxygens (including phenoxy) is 2. The Labute approximate surface area is 209 Å². The van der Waals surface area contributed by atoms with Gasteiger partial charge in [0.1, 0.15) is 16.2 Å². The zero-order valence-corrected chi connectivity index (χ0v) is 20.3. The second-order valence-electron chi connectivity index (χ2n) is 7.99. The molecular weight excluding hydrogens is 484 g/mol. The van der Waals surface area contributed by atoms with Crippen molar-refractivity contribution in [1.29, 1.82) is 0 Å². The van der Waals surface area contributed by atoms with Gasteiger partial charge in [0.25, 0.3) is 5.91 Å². The fourth-order valence-electron chi connectivity index (χ4n) is 4.13. The van der Waals surface area contributed by atoms with Crippen LogP contribution in [0, 0.1) is 6.92 Å². The number of Topliss-reactive ketones (excluding diaryl/α,β-unsaturated/α-hetero) is 1. The molecule has 1 atom stereocenters. The van der Waals surface area contributed by atoms with Crippen LogP contribution in [0.5, 0.6) is 5.75 Å². The van der Waals surface area contributed by atoms with Crippen molar-refractivity contribution in [3.8, 4) is 5.75 Å². The summed E-state index contributed by atoms with van der Waals surface area (Å²) in [6.07, 6.45) is 0. The number of aromatic nitrogens is 1. The number of hydrogen-bond acceptors (Lipinski definition) is 9. The number of aliphatic hydroxyl groups excluding tert-OH is 1. The van der Waals surface area contributed by atoms with Gasteiger partial charge >= 0.3 is 5.97 Å². The molecule has 2 aromatic carbocycles. The number of carbonyl (C=O) groups excluding carboxylic acids is 3. The van der Waals surface area contributed by atoms with E-state index in [0.717, 1.165) is 11.3 Å². The van der Waals surface area contributed by atoms with Crippen LogP contribution < -0.4 is 9.64 Å². The first-order valence-electron chi connectivity index (χ1n) is 10.8. The van der Waals surface area contributed by atoms with Gasteiger partial charge in [-0.05, 0) is 36.8 Å². The average Bonchev–Trinajstić information content (AvgIpc) is 3.57. The van der Waals surface area contributed by atoms with Crippen LogP contribution in [0.3, 0.4) is 0 Å². The number of furan rings is 1. The third-order valence-electron chi connectivity index (χ3n) is 5.90. The Kier molecular flexibility index (Phi) is 5.81. The van der Waals surface area contributed by atoms with Gasteiger partial charge in [-0.3, -0.25) is 14.5 Å². The zero-order chi connectivity index (χ0) is 25.6. The Morgan fingerprint density at radius 3 is 2.50 bits per heavy atom. The summed E-state index contributed by atoms with van der Waals surface area (Å²) in [6.45, 7) is 1.61. The molecule has 9 nitrogen and oxygen atoms in total. The molecule has 5 rings (SSSR count). The van der Waals surface area contributed by atoms with Crippen molar-refractivity contribution in [2.75, 3.05) is 19.1 Å². The number of amides is 1. The number of esters is 1. The fraction of sp³-hybridized carbons (Fsp3) is 0.154. The molecule has 0 spiro atoms. The summed E-state index contributed by atoms with van der Waals surface area (Å²) in [5.74, 6) is -2.21. The molecule has 0 saturated heterocycles. The molecule has 10 heteroatoms. The molecular formula is C26H20N2O7S. The highest BCUT2D eigenvalue weighted by molar-refractivity contribution is 7.17. The molecule has 36 heavy (non-hydrogen) atoms. The topological polar surface area (TPSA) is 119 Å². The van der Waals surface area contributed by atoms with Crippen molar-refractivity contribution in [1.82, 2.24) is 4.98 Å². The van der Waals surface area contributed by atoms with E-state index in [4.69, 9.17) is 13.9 Å². The van der Waals surface area contributed by atoms with Gasteiger partial charge in [-0.2, -0.15) is 0 Å². The number of aliphatic hydroxyl groups is 1. The molecule has 0 unspecified atom stereocenters. The van der Waals surface area contributed by atoms with Gasteiger partial charge in [-0.15, -0.1) is 0 Å². The molecule has 1 aliphatic heterocycles. The third kappa shape index (κ3) is 3.72. The Morgan fingerprint density at radius 1 is 1.11 bits per heavy atom. The Balaban J connectivity index is 1.65. The van der Waals surface area contributed by atoms with Crippen LogP contribution in [-0.4, -0.2) is 42.0 Å². The number of thiazole rings is 1. The monoisotopic (exact) mass is 504 g/mol. The maximum Gasteiger partial charge on any atom is 0.350 e. The van der Waals surface area contributed by atoms with Gasteiger partial charge in [0.05, 0.1) is 31.5 Å². The van der Waals surface area contributed by atoms with E-state index in [1.807, 2.05) is 6.07 Å². The van der Waals surface area contributed by atoms with Crippen molar-refractivity contribution < 1.29 is 33.4 Å². The summed E-state index contributed by atoms with van der Waals surface area (Å²) in [5, 5.41) is 11.8. The number of ketones is 1. The largest absolute Gasteiger partial charge is 0.503 e. The highest BCUT2D eigenvalue weighted by atomic mass is 32.1. The number of hydrogen-bond donors (Lipinski definition) is 1. The molecule has 0 aliphatic carbocycles.